The summed E-state index contributed by atoms with van der Waals surface area (Å²) in [7, 11) is 3.36. The van der Waals surface area contributed by atoms with Crippen LogP contribution in [0.3, 0.4) is 0 Å². The molecule has 1 rings (SSSR count). The normalized spacial score (nSPS) is 10.2. The molecule has 0 aliphatic rings. The van der Waals surface area contributed by atoms with Crippen LogP contribution < -0.4 is 5.32 Å². The summed E-state index contributed by atoms with van der Waals surface area (Å²) < 4.78 is 4.95. The van der Waals surface area contributed by atoms with Gasteiger partial charge in [0.1, 0.15) is 11.5 Å². The topological polar surface area (TPSA) is 54.5 Å². The number of hydrogen-bond acceptors (Lipinski definition) is 4. The van der Waals surface area contributed by atoms with E-state index in [9.17, 15) is 4.79 Å². The summed E-state index contributed by atoms with van der Waals surface area (Å²) in [5.74, 6) is 0.648. The number of ether oxygens (including phenoxy) is 1. The van der Waals surface area contributed by atoms with E-state index in [1.807, 2.05) is 12.1 Å². The predicted octanol–water partition coefficient (Wildman–Crippen LogP) is 1.62. The number of methoxy groups -OCH3 is 1. The average molecular weight is 251 g/mol. The Bertz CT molecular complexity index is 382. The molecule has 5 nitrogen and oxygen atoms in total. The van der Waals surface area contributed by atoms with Crippen molar-refractivity contribution in [3.8, 4) is 0 Å². The van der Waals surface area contributed by atoms with Gasteiger partial charge in [0.2, 0.25) is 0 Å². The van der Waals surface area contributed by atoms with Crippen molar-refractivity contribution in [3.05, 3.63) is 23.9 Å². The molecule has 1 aromatic rings. The van der Waals surface area contributed by atoms with Crippen LogP contribution >= 0.6 is 0 Å². The summed E-state index contributed by atoms with van der Waals surface area (Å²) >= 11 is 0. The van der Waals surface area contributed by atoms with Crippen LogP contribution in [0.25, 0.3) is 0 Å². The van der Waals surface area contributed by atoms with Crippen LogP contribution in [-0.2, 0) is 4.74 Å². The Morgan fingerprint density at radius 1 is 1.50 bits per heavy atom. The molecule has 5 heteroatoms. The lowest BCUT2D eigenvalue weighted by Gasteiger charge is -2.16. The molecule has 0 saturated heterocycles. The number of carbonyl (C=O) groups is 1. The van der Waals surface area contributed by atoms with Crippen molar-refractivity contribution in [3.63, 3.8) is 0 Å². The Morgan fingerprint density at radius 3 is 2.94 bits per heavy atom. The first-order valence-electron chi connectivity index (χ1n) is 6.14. The van der Waals surface area contributed by atoms with Crippen LogP contribution in [0, 0.1) is 0 Å². The van der Waals surface area contributed by atoms with Gasteiger partial charge in [0, 0.05) is 27.2 Å². The molecule has 0 spiro atoms. The van der Waals surface area contributed by atoms with E-state index < -0.39 is 0 Å². The van der Waals surface area contributed by atoms with Crippen LogP contribution in [0.2, 0.25) is 0 Å². The molecule has 0 fully saturated rings. The summed E-state index contributed by atoms with van der Waals surface area (Å²) in [6, 6.07) is 5.42. The fourth-order valence-corrected chi connectivity index (χ4v) is 1.43. The molecule has 100 valence electrons. The quantitative estimate of drug-likeness (QED) is 0.800. The maximum Gasteiger partial charge on any atom is 0.272 e. The van der Waals surface area contributed by atoms with Crippen LogP contribution in [0.4, 0.5) is 5.82 Å². The molecule has 1 heterocycles. The summed E-state index contributed by atoms with van der Waals surface area (Å²) in [5.41, 5.74) is 0.453. The zero-order valence-corrected chi connectivity index (χ0v) is 11.3. The molecular weight excluding hydrogens is 230 g/mol. The van der Waals surface area contributed by atoms with Gasteiger partial charge in [-0.3, -0.25) is 4.79 Å². The molecule has 1 N–H and O–H groups in total. The van der Waals surface area contributed by atoms with E-state index in [1.165, 1.54) is 0 Å². The van der Waals surface area contributed by atoms with Crippen LogP contribution in [0.15, 0.2) is 18.2 Å². The fraction of sp³-hybridized carbons (Fsp3) is 0.538. The van der Waals surface area contributed by atoms with Gasteiger partial charge in [-0.05, 0) is 18.6 Å². The number of pyridine rings is 1. The number of nitrogens with zero attached hydrogens (tertiary/aromatic N) is 2. The SMILES string of the molecule is CCCNc1cccc(C(=O)N(C)CCOC)n1. The second-order valence-electron chi connectivity index (χ2n) is 4.05. The van der Waals surface area contributed by atoms with Gasteiger partial charge < -0.3 is 15.0 Å². The molecule has 0 radical (unpaired) electrons. The highest BCUT2D eigenvalue weighted by Gasteiger charge is 2.12. The molecule has 0 unspecified atom stereocenters. The van der Waals surface area contributed by atoms with Gasteiger partial charge in [0.25, 0.3) is 5.91 Å². The highest BCUT2D eigenvalue weighted by Crippen LogP contribution is 2.07. The number of likely N-dealkylation sites (N-methyl/N-ethyl adjacent to an activating group) is 1. The highest BCUT2D eigenvalue weighted by atomic mass is 16.5. The highest BCUT2D eigenvalue weighted by molar-refractivity contribution is 5.92. The number of anilines is 1. The molecule has 0 atom stereocenters. The lowest BCUT2D eigenvalue weighted by atomic mass is 10.3. The second-order valence-corrected chi connectivity index (χ2v) is 4.05. The monoisotopic (exact) mass is 251 g/mol. The predicted molar refractivity (Wildman–Crippen MR) is 71.9 cm³/mol. The first kappa shape index (κ1) is 14.4. The lowest BCUT2D eigenvalue weighted by molar-refractivity contribution is 0.0739. The minimum Gasteiger partial charge on any atom is -0.383 e. The first-order valence-corrected chi connectivity index (χ1v) is 6.14. The van der Waals surface area contributed by atoms with E-state index in [0.717, 1.165) is 18.8 Å². The summed E-state index contributed by atoms with van der Waals surface area (Å²) in [6.07, 6.45) is 1.02. The van der Waals surface area contributed by atoms with Gasteiger partial charge in [-0.1, -0.05) is 13.0 Å². The third-order valence-electron chi connectivity index (χ3n) is 2.50. The number of rotatable bonds is 7. The Morgan fingerprint density at radius 2 is 2.28 bits per heavy atom. The van der Waals surface area contributed by atoms with E-state index in [1.54, 1.807) is 25.1 Å². The number of aromatic nitrogens is 1. The molecule has 1 aromatic heterocycles. The van der Waals surface area contributed by atoms with E-state index in [2.05, 4.69) is 17.2 Å². The van der Waals surface area contributed by atoms with Crippen LogP contribution in [-0.4, -0.2) is 49.6 Å². The first-order chi connectivity index (χ1) is 8.69. The summed E-state index contributed by atoms with van der Waals surface area (Å²) in [5, 5.41) is 3.17. The molecule has 0 aliphatic heterocycles. The van der Waals surface area contributed by atoms with Crippen molar-refractivity contribution in [2.24, 2.45) is 0 Å². The maximum absolute atomic E-state index is 12.1. The average Bonchev–Trinajstić information content (AvgIpc) is 2.42. The van der Waals surface area contributed by atoms with Crippen molar-refractivity contribution in [2.75, 3.05) is 39.2 Å². The van der Waals surface area contributed by atoms with Gasteiger partial charge in [0.15, 0.2) is 0 Å². The molecule has 0 aromatic carbocycles. The van der Waals surface area contributed by atoms with Gasteiger partial charge >= 0.3 is 0 Å². The number of hydrogen-bond donors (Lipinski definition) is 1. The fourth-order valence-electron chi connectivity index (χ4n) is 1.43. The number of amides is 1. The molecular formula is C13H21N3O2. The number of nitrogens with one attached hydrogen (secondary N) is 1. The minimum absolute atomic E-state index is 0.0906. The van der Waals surface area contributed by atoms with Gasteiger partial charge in [0.05, 0.1) is 6.61 Å². The molecule has 1 amide bonds. The van der Waals surface area contributed by atoms with E-state index >= 15 is 0 Å². The van der Waals surface area contributed by atoms with Crippen molar-refractivity contribution in [1.29, 1.82) is 0 Å². The van der Waals surface area contributed by atoms with Crippen LogP contribution in [0.5, 0.6) is 0 Å². The lowest BCUT2D eigenvalue weighted by Crippen LogP contribution is -2.30. The zero-order chi connectivity index (χ0) is 13.4. The molecule has 0 aliphatic carbocycles. The van der Waals surface area contributed by atoms with Crippen molar-refractivity contribution in [1.82, 2.24) is 9.88 Å². The summed E-state index contributed by atoms with van der Waals surface area (Å²) in [6.45, 7) is 4.02. The van der Waals surface area contributed by atoms with Crippen molar-refractivity contribution < 1.29 is 9.53 Å². The third kappa shape index (κ3) is 4.33. The third-order valence-corrected chi connectivity index (χ3v) is 2.50. The zero-order valence-electron chi connectivity index (χ0n) is 11.3. The van der Waals surface area contributed by atoms with E-state index in [-0.39, 0.29) is 5.91 Å². The van der Waals surface area contributed by atoms with Gasteiger partial charge in [-0.15, -0.1) is 0 Å². The number of carbonyl (C=O) groups excluding carboxylic acids is 1. The maximum atomic E-state index is 12.1. The van der Waals surface area contributed by atoms with E-state index in [0.29, 0.717) is 18.8 Å². The Kier molecular flexibility index (Phi) is 6.14. The van der Waals surface area contributed by atoms with Gasteiger partial charge in [-0.25, -0.2) is 4.98 Å². The molecule has 0 bridgehead atoms. The second kappa shape index (κ2) is 7.66. The van der Waals surface area contributed by atoms with Crippen molar-refractivity contribution in [2.45, 2.75) is 13.3 Å². The largest absolute Gasteiger partial charge is 0.383 e. The Labute approximate surface area is 108 Å². The standard InChI is InChI=1S/C13H21N3O2/c1-4-8-14-12-7-5-6-11(15-12)13(17)16(2)9-10-18-3/h5-7H,4,8-10H2,1-3H3,(H,14,15). The smallest absolute Gasteiger partial charge is 0.272 e. The Hall–Kier alpha value is -1.62. The Balaban J connectivity index is 2.67. The van der Waals surface area contributed by atoms with E-state index in [4.69, 9.17) is 4.74 Å². The molecule has 0 saturated carbocycles. The van der Waals surface area contributed by atoms with Gasteiger partial charge in [-0.2, -0.15) is 0 Å². The van der Waals surface area contributed by atoms with Crippen molar-refractivity contribution >= 4 is 11.7 Å². The van der Waals surface area contributed by atoms with Crippen LogP contribution in [0.1, 0.15) is 23.8 Å². The molecule has 18 heavy (non-hydrogen) atoms. The summed E-state index contributed by atoms with van der Waals surface area (Å²) in [4.78, 5) is 18.0. The minimum atomic E-state index is -0.0906.